The van der Waals surface area contributed by atoms with E-state index in [0.29, 0.717) is 18.9 Å². The summed E-state index contributed by atoms with van der Waals surface area (Å²) in [6, 6.07) is 17.3. The van der Waals surface area contributed by atoms with Crippen LogP contribution in [0.15, 0.2) is 54.6 Å². The van der Waals surface area contributed by atoms with Crippen LogP contribution in [0, 0.1) is 5.92 Å². The van der Waals surface area contributed by atoms with Gasteiger partial charge >= 0.3 is 0 Å². The zero-order chi connectivity index (χ0) is 18.2. The van der Waals surface area contributed by atoms with Crippen molar-refractivity contribution in [3.05, 3.63) is 65.7 Å². The number of hydrogen-bond acceptors (Lipinski definition) is 4. The Bertz CT molecular complexity index is 699. The third kappa shape index (κ3) is 5.31. The monoisotopic (exact) mass is 354 g/mol. The fourth-order valence-corrected chi connectivity index (χ4v) is 3.09. The van der Waals surface area contributed by atoms with E-state index in [9.17, 15) is 9.90 Å². The number of piperidine rings is 1. The minimum Gasteiger partial charge on any atom is -0.489 e. The van der Waals surface area contributed by atoms with Crippen molar-refractivity contribution >= 4 is 5.91 Å². The van der Waals surface area contributed by atoms with Gasteiger partial charge in [0.1, 0.15) is 12.4 Å². The molecule has 0 spiro atoms. The van der Waals surface area contributed by atoms with Crippen LogP contribution in [0.5, 0.6) is 5.75 Å². The maximum Gasteiger partial charge on any atom is 0.224 e. The minimum absolute atomic E-state index is 0.00325. The van der Waals surface area contributed by atoms with Crippen LogP contribution >= 0.6 is 0 Å². The first-order chi connectivity index (χ1) is 12.7. The first-order valence-electron chi connectivity index (χ1n) is 9.15. The van der Waals surface area contributed by atoms with Gasteiger partial charge in [-0.25, -0.2) is 0 Å². The summed E-state index contributed by atoms with van der Waals surface area (Å²) >= 11 is 0. The highest BCUT2D eigenvalue weighted by atomic mass is 16.5. The zero-order valence-corrected chi connectivity index (χ0v) is 14.9. The molecule has 0 aromatic heterocycles. The molecule has 1 amide bonds. The second-order valence-corrected chi connectivity index (χ2v) is 6.65. The highest BCUT2D eigenvalue weighted by molar-refractivity contribution is 5.79. The fourth-order valence-electron chi connectivity index (χ4n) is 3.09. The van der Waals surface area contributed by atoms with Crippen molar-refractivity contribution in [1.29, 1.82) is 0 Å². The molecule has 1 aliphatic heterocycles. The Morgan fingerprint density at radius 2 is 2.08 bits per heavy atom. The van der Waals surface area contributed by atoms with Crippen LogP contribution < -0.4 is 15.4 Å². The minimum atomic E-state index is -0.754. The molecule has 1 saturated heterocycles. The highest BCUT2D eigenvalue weighted by Crippen LogP contribution is 2.20. The molecule has 5 heteroatoms. The number of benzene rings is 2. The zero-order valence-electron chi connectivity index (χ0n) is 14.9. The third-order valence-corrected chi connectivity index (χ3v) is 4.63. The average molecular weight is 354 g/mol. The number of aliphatic hydroxyl groups is 1. The lowest BCUT2D eigenvalue weighted by molar-refractivity contribution is -0.125. The summed E-state index contributed by atoms with van der Waals surface area (Å²) in [5, 5.41) is 16.5. The van der Waals surface area contributed by atoms with Crippen molar-refractivity contribution in [2.75, 3.05) is 19.6 Å². The number of carbonyl (C=O) groups excluding carboxylic acids is 1. The number of amides is 1. The molecule has 3 rings (SSSR count). The SMILES string of the molecule is O=C(NCC(O)c1cccc(OCc2ccccc2)c1)C1CCCNC1. The molecule has 0 radical (unpaired) electrons. The van der Waals surface area contributed by atoms with E-state index in [4.69, 9.17) is 4.74 Å². The molecule has 1 heterocycles. The van der Waals surface area contributed by atoms with Gasteiger partial charge in [0.05, 0.1) is 12.0 Å². The van der Waals surface area contributed by atoms with E-state index in [1.165, 1.54) is 0 Å². The molecule has 0 saturated carbocycles. The summed E-state index contributed by atoms with van der Waals surface area (Å²) in [7, 11) is 0. The molecular formula is C21H26N2O3. The van der Waals surface area contributed by atoms with E-state index in [1.54, 1.807) is 0 Å². The molecule has 0 bridgehead atoms. The number of hydrogen-bond donors (Lipinski definition) is 3. The van der Waals surface area contributed by atoms with Crippen molar-refractivity contribution in [2.45, 2.75) is 25.6 Å². The lowest BCUT2D eigenvalue weighted by Gasteiger charge is -2.22. The number of carbonyl (C=O) groups is 1. The van der Waals surface area contributed by atoms with E-state index < -0.39 is 6.10 Å². The van der Waals surface area contributed by atoms with Crippen LogP contribution in [0.4, 0.5) is 0 Å². The van der Waals surface area contributed by atoms with Crippen LogP contribution in [0.3, 0.4) is 0 Å². The maximum atomic E-state index is 12.2. The molecule has 138 valence electrons. The first kappa shape index (κ1) is 18.4. The Labute approximate surface area is 154 Å². The molecule has 1 fully saturated rings. The van der Waals surface area contributed by atoms with Crippen molar-refractivity contribution in [2.24, 2.45) is 5.92 Å². The van der Waals surface area contributed by atoms with E-state index in [0.717, 1.165) is 30.5 Å². The smallest absolute Gasteiger partial charge is 0.224 e. The van der Waals surface area contributed by atoms with Gasteiger partial charge < -0.3 is 20.5 Å². The van der Waals surface area contributed by atoms with Crippen LogP contribution in [0.25, 0.3) is 0 Å². The standard InChI is InChI=1S/C21H26N2O3/c24-20(14-23-21(25)18-9-5-11-22-13-18)17-8-4-10-19(12-17)26-15-16-6-2-1-3-7-16/h1-4,6-8,10,12,18,20,22,24H,5,9,11,13-15H2,(H,23,25). The summed E-state index contributed by atoms with van der Waals surface area (Å²) in [6.45, 7) is 2.37. The number of ether oxygens (including phenoxy) is 1. The quantitative estimate of drug-likeness (QED) is 0.714. The van der Waals surface area contributed by atoms with Gasteiger partial charge in [-0.1, -0.05) is 42.5 Å². The average Bonchev–Trinajstić information content (AvgIpc) is 2.72. The second kappa shape index (κ2) is 9.36. The van der Waals surface area contributed by atoms with Crippen molar-refractivity contribution in [1.82, 2.24) is 10.6 Å². The molecule has 26 heavy (non-hydrogen) atoms. The van der Waals surface area contributed by atoms with E-state index >= 15 is 0 Å². The lowest BCUT2D eigenvalue weighted by Crippen LogP contribution is -2.41. The third-order valence-electron chi connectivity index (χ3n) is 4.63. The Morgan fingerprint density at radius 3 is 2.85 bits per heavy atom. The Morgan fingerprint density at radius 1 is 1.23 bits per heavy atom. The Hall–Kier alpha value is -2.37. The van der Waals surface area contributed by atoms with E-state index in [1.807, 2.05) is 54.6 Å². The lowest BCUT2D eigenvalue weighted by atomic mass is 9.98. The summed E-state index contributed by atoms with van der Waals surface area (Å²) in [5.41, 5.74) is 1.82. The van der Waals surface area contributed by atoms with E-state index in [2.05, 4.69) is 10.6 Å². The molecule has 2 aromatic carbocycles. The molecule has 0 aliphatic carbocycles. The van der Waals surface area contributed by atoms with Gasteiger partial charge in [0.15, 0.2) is 0 Å². The second-order valence-electron chi connectivity index (χ2n) is 6.65. The van der Waals surface area contributed by atoms with E-state index in [-0.39, 0.29) is 18.4 Å². The van der Waals surface area contributed by atoms with Gasteiger partial charge in [0.2, 0.25) is 5.91 Å². The Balaban J connectivity index is 1.50. The first-order valence-corrected chi connectivity index (χ1v) is 9.15. The highest BCUT2D eigenvalue weighted by Gasteiger charge is 2.21. The van der Waals surface area contributed by atoms with Gasteiger partial charge in [-0.2, -0.15) is 0 Å². The topological polar surface area (TPSA) is 70.6 Å². The van der Waals surface area contributed by atoms with Crippen LogP contribution in [0.1, 0.15) is 30.1 Å². The van der Waals surface area contributed by atoms with Crippen molar-refractivity contribution in [3.8, 4) is 5.75 Å². The summed E-state index contributed by atoms with van der Waals surface area (Å²) in [5.74, 6) is 0.706. The number of aliphatic hydroxyl groups excluding tert-OH is 1. The molecule has 1 aliphatic rings. The molecule has 2 aromatic rings. The van der Waals surface area contributed by atoms with Gasteiger partial charge in [-0.05, 0) is 42.6 Å². The van der Waals surface area contributed by atoms with Crippen molar-refractivity contribution in [3.63, 3.8) is 0 Å². The van der Waals surface area contributed by atoms with Crippen molar-refractivity contribution < 1.29 is 14.6 Å². The molecular weight excluding hydrogens is 328 g/mol. The molecule has 2 atom stereocenters. The largest absolute Gasteiger partial charge is 0.489 e. The predicted molar refractivity (Wildman–Crippen MR) is 101 cm³/mol. The molecule has 3 N–H and O–H groups in total. The van der Waals surface area contributed by atoms with Gasteiger partial charge in [0.25, 0.3) is 0 Å². The van der Waals surface area contributed by atoms with Gasteiger partial charge in [0, 0.05) is 13.1 Å². The van der Waals surface area contributed by atoms with Crippen LogP contribution in [0.2, 0.25) is 0 Å². The Kier molecular flexibility index (Phi) is 6.63. The summed E-state index contributed by atoms with van der Waals surface area (Å²) < 4.78 is 5.80. The number of rotatable bonds is 7. The normalized spacial score (nSPS) is 18.1. The summed E-state index contributed by atoms with van der Waals surface area (Å²) in [4.78, 5) is 12.2. The van der Waals surface area contributed by atoms with Crippen LogP contribution in [-0.4, -0.2) is 30.6 Å². The fraction of sp³-hybridized carbons (Fsp3) is 0.381. The van der Waals surface area contributed by atoms with Gasteiger partial charge in [-0.3, -0.25) is 4.79 Å². The van der Waals surface area contributed by atoms with Crippen LogP contribution in [-0.2, 0) is 11.4 Å². The predicted octanol–water partition coefficient (Wildman–Crippen LogP) is 2.41. The molecule has 2 unspecified atom stereocenters. The summed E-state index contributed by atoms with van der Waals surface area (Å²) in [6.07, 6.45) is 1.16. The maximum absolute atomic E-state index is 12.2. The molecule has 5 nitrogen and oxygen atoms in total. The van der Waals surface area contributed by atoms with Gasteiger partial charge in [-0.15, -0.1) is 0 Å². The number of nitrogens with one attached hydrogen (secondary N) is 2.